The highest BCUT2D eigenvalue weighted by atomic mass is 35.5. The molecule has 0 saturated carbocycles. The Bertz CT molecular complexity index is 1020. The third-order valence-corrected chi connectivity index (χ3v) is 4.84. The normalized spacial score (nSPS) is 12.2. The number of carbonyl (C=O) groups is 1. The van der Waals surface area contributed by atoms with E-state index in [-0.39, 0.29) is 5.97 Å². The molecule has 0 radical (unpaired) electrons. The molecule has 0 bridgehead atoms. The summed E-state index contributed by atoms with van der Waals surface area (Å²) in [6.07, 6.45) is 1.95. The van der Waals surface area contributed by atoms with Crippen LogP contribution < -0.4 is 0 Å². The van der Waals surface area contributed by atoms with Gasteiger partial charge in [-0.3, -0.25) is 9.98 Å². The number of aliphatic imine (C=N–C) groups is 1. The molecule has 0 aliphatic rings. The quantitative estimate of drug-likeness (QED) is 0.362. The number of benzene rings is 2. The molecule has 0 spiro atoms. The fourth-order valence-electron chi connectivity index (χ4n) is 3.18. The van der Waals surface area contributed by atoms with E-state index in [2.05, 4.69) is 4.98 Å². The van der Waals surface area contributed by atoms with Crippen LogP contribution in [0.2, 0.25) is 5.02 Å². The van der Waals surface area contributed by atoms with Gasteiger partial charge >= 0.3 is 5.97 Å². The highest BCUT2D eigenvalue weighted by Gasteiger charge is 2.27. The number of hydrogen-bond acceptors (Lipinski definition) is 4. The van der Waals surface area contributed by atoms with Crippen LogP contribution >= 0.6 is 11.6 Å². The van der Waals surface area contributed by atoms with Crippen molar-refractivity contribution in [2.45, 2.75) is 45.8 Å². The van der Waals surface area contributed by atoms with Gasteiger partial charge in [0, 0.05) is 29.4 Å². The van der Waals surface area contributed by atoms with Crippen molar-refractivity contribution in [2.24, 2.45) is 4.99 Å². The summed E-state index contributed by atoms with van der Waals surface area (Å²) in [6.45, 7) is 7.46. The fourth-order valence-corrected chi connectivity index (χ4v) is 3.36. The smallest absolute Gasteiger partial charge is 0.331 e. The SMILES string of the molecule is Cc1ncc(Cl)cc1C[C@H](N=C(c1ccccc1)c1ccccc1)C(=O)OC(C)(C)C. The first-order valence-corrected chi connectivity index (χ1v) is 10.6. The Kier molecular flexibility index (Phi) is 7.24. The summed E-state index contributed by atoms with van der Waals surface area (Å²) in [5.41, 5.74) is 3.67. The summed E-state index contributed by atoms with van der Waals surface area (Å²) in [5, 5.41) is 0.527. The number of halogens is 1. The summed E-state index contributed by atoms with van der Waals surface area (Å²) >= 11 is 6.17. The molecule has 0 aliphatic carbocycles. The minimum Gasteiger partial charge on any atom is -0.458 e. The highest BCUT2D eigenvalue weighted by molar-refractivity contribution is 6.30. The van der Waals surface area contributed by atoms with E-state index >= 15 is 0 Å². The van der Waals surface area contributed by atoms with Crippen molar-refractivity contribution in [1.82, 2.24) is 4.98 Å². The van der Waals surface area contributed by atoms with E-state index in [1.54, 1.807) is 6.20 Å². The zero-order valence-corrected chi connectivity index (χ0v) is 19.1. The van der Waals surface area contributed by atoms with Crippen molar-refractivity contribution in [2.75, 3.05) is 0 Å². The number of aromatic nitrogens is 1. The lowest BCUT2D eigenvalue weighted by Gasteiger charge is -2.23. The van der Waals surface area contributed by atoms with Crippen LogP contribution in [-0.2, 0) is 16.0 Å². The second-order valence-corrected chi connectivity index (χ2v) is 8.80. The van der Waals surface area contributed by atoms with Crippen molar-refractivity contribution in [1.29, 1.82) is 0 Å². The minimum absolute atomic E-state index is 0.345. The number of aryl methyl sites for hydroxylation is 1. The lowest BCUT2D eigenvalue weighted by Crippen LogP contribution is -2.33. The molecule has 0 unspecified atom stereocenters. The second kappa shape index (κ2) is 9.88. The Morgan fingerprint density at radius 2 is 1.58 bits per heavy atom. The Balaban J connectivity index is 2.09. The number of carbonyl (C=O) groups excluding carboxylic acids is 1. The lowest BCUT2D eigenvalue weighted by molar-refractivity contribution is -0.156. The molecule has 4 nitrogen and oxygen atoms in total. The zero-order chi connectivity index (χ0) is 22.4. The van der Waals surface area contributed by atoms with Gasteiger partial charge in [-0.05, 0) is 39.3 Å². The maximum Gasteiger partial charge on any atom is 0.331 e. The Morgan fingerprint density at radius 3 is 2.10 bits per heavy atom. The lowest BCUT2D eigenvalue weighted by atomic mass is 10.00. The largest absolute Gasteiger partial charge is 0.458 e. The minimum atomic E-state index is -0.742. The third kappa shape index (κ3) is 6.50. The van der Waals surface area contributed by atoms with E-state index in [9.17, 15) is 4.79 Å². The molecule has 0 N–H and O–H groups in total. The standard InChI is InChI=1S/C26H27ClN2O2/c1-18-21(15-22(27)17-28-18)16-23(25(30)31-26(2,3)4)29-24(19-11-7-5-8-12-19)20-13-9-6-10-14-20/h5-15,17,23H,16H2,1-4H3/t23-/m0/s1. The van der Waals surface area contributed by atoms with E-state index in [0.717, 1.165) is 28.1 Å². The van der Waals surface area contributed by atoms with E-state index in [4.69, 9.17) is 21.3 Å². The molecule has 5 heteroatoms. The Hall–Kier alpha value is -2.98. The number of pyridine rings is 1. The van der Waals surface area contributed by atoms with Gasteiger partial charge in [-0.15, -0.1) is 0 Å². The van der Waals surface area contributed by atoms with Gasteiger partial charge < -0.3 is 4.74 Å². The first-order chi connectivity index (χ1) is 14.7. The number of rotatable bonds is 6. The van der Waals surface area contributed by atoms with E-state index in [1.165, 1.54) is 0 Å². The summed E-state index contributed by atoms with van der Waals surface area (Å²) in [7, 11) is 0. The van der Waals surface area contributed by atoms with E-state index in [1.807, 2.05) is 94.4 Å². The van der Waals surface area contributed by atoms with Crippen LogP contribution in [0.3, 0.4) is 0 Å². The number of esters is 1. The highest BCUT2D eigenvalue weighted by Crippen LogP contribution is 2.20. The zero-order valence-electron chi connectivity index (χ0n) is 18.3. The van der Waals surface area contributed by atoms with Crippen molar-refractivity contribution < 1.29 is 9.53 Å². The van der Waals surface area contributed by atoms with Gasteiger partial charge in [0.2, 0.25) is 0 Å². The molecule has 0 saturated heterocycles. The average Bonchev–Trinajstić information content (AvgIpc) is 2.73. The predicted molar refractivity (Wildman–Crippen MR) is 126 cm³/mol. The van der Waals surface area contributed by atoms with Crippen molar-refractivity contribution in [3.8, 4) is 0 Å². The number of ether oxygens (including phenoxy) is 1. The maximum absolute atomic E-state index is 13.2. The first kappa shape index (κ1) is 22.7. The van der Waals surface area contributed by atoms with Crippen LogP contribution in [0.4, 0.5) is 0 Å². The van der Waals surface area contributed by atoms with Gasteiger partial charge in [-0.2, -0.15) is 0 Å². The molecule has 1 heterocycles. The predicted octanol–water partition coefficient (Wildman–Crippen LogP) is 5.83. The Morgan fingerprint density at radius 1 is 1.03 bits per heavy atom. The van der Waals surface area contributed by atoms with Gasteiger partial charge in [-0.1, -0.05) is 72.3 Å². The molecule has 0 fully saturated rings. The Labute approximate surface area is 189 Å². The first-order valence-electron chi connectivity index (χ1n) is 10.3. The maximum atomic E-state index is 13.2. The molecule has 160 valence electrons. The molecular formula is C26H27ClN2O2. The molecule has 2 aromatic carbocycles. The van der Waals surface area contributed by atoms with Crippen LogP contribution in [0.5, 0.6) is 0 Å². The summed E-state index contributed by atoms with van der Waals surface area (Å²) in [4.78, 5) is 22.4. The van der Waals surface area contributed by atoms with Gasteiger partial charge in [-0.25, -0.2) is 4.79 Å². The second-order valence-electron chi connectivity index (χ2n) is 8.36. The van der Waals surface area contributed by atoms with Gasteiger partial charge in [0.05, 0.1) is 10.7 Å². The monoisotopic (exact) mass is 434 g/mol. The van der Waals surface area contributed by atoms with Gasteiger partial charge in [0.15, 0.2) is 6.04 Å². The van der Waals surface area contributed by atoms with Gasteiger partial charge in [0.1, 0.15) is 5.60 Å². The molecule has 0 aliphatic heterocycles. The molecule has 0 amide bonds. The van der Waals surface area contributed by atoms with Crippen molar-refractivity contribution in [3.63, 3.8) is 0 Å². The van der Waals surface area contributed by atoms with Crippen LogP contribution in [0.15, 0.2) is 77.9 Å². The molecule has 1 aromatic heterocycles. The summed E-state index contributed by atoms with van der Waals surface area (Å²) in [5.74, 6) is -0.378. The topological polar surface area (TPSA) is 51.5 Å². The molecular weight excluding hydrogens is 408 g/mol. The fraction of sp³-hybridized carbons (Fsp3) is 0.269. The van der Waals surface area contributed by atoms with E-state index in [0.29, 0.717) is 11.4 Å². The van der Waals surface area contributed by atoms with Crippen LogP contribution in [0, 0.1) is 6.92 Å². The van der Waals surface area contributed by atoms with Crippen LogP contribution in [0.25, 0.3) is 0 Å². The molecule has 31 heavy (non-hydrogen) atoms. The van der Waals surface area contributed by atoms with Crippen molar-refractivity contribution >= 4 is 23.3 Å². The van der Waals surface area contributed by atoms with Crippen LogP contribution in [0.1, 0.15) is 43.2 Å². The third-order valence-electron chi connectivity index (χ3n) is 4.63. The molecule has 1 atom stereocenters. The summed E-state index contributed by atoms with van der Waals surface area (Å²) in [6, 6.07) is 20.8. The number of hydrogen-bond donors (Lipinski definition) is 0. The van der Waals surface area contributed by atoms with Crippen molar-refractivity contribution in [3.05, 3.63) is 100 Å². The van der Waals surface area contributed by atoms with Crippen LogP contribution in [-0.4, -0.2) is 28.3 Å². The molecule has 3 rings (SSSR count). The van der Waals surface area contributed by atoms with Gasteiger partial charge in [0.25, 0.3) is 0 Å². The van der Waals surface area contributed by atoms with E-state index < -0.39 is 11.6 Å². The average molecular weight is 435 g/mol. The summed E-state index contributed by atoms with van der Waals surface area (Å²) < 4.78 is 5.72. The number of nitrogens with zero attached hydrogens (tertiary/aromatic N) is 2. The molecule has 3 aromatic rings.